The van der Waals surface area contributed by atoms with Crippen LogP contribution in [0.15, 0.2) is 24.3 Å². The molecule has 0 aromatic heterocycles. The molecule has 0 saturated heterocycles. The molecule has 0 heterocycles. The smallest absolute Gasteiger partial charge is 0.258 e. The highest BCUT2D eigenvalue weighted by Crippen LogP contribution is 2.50. The van der Waals surface area contributed by atoms with Gasteiger partial charge in [0.2, 0.25) is 3.79 Å². The number of halogens is 5. The fraction of sp³-hybridized carbons (Fsp3) is 0.143. The van der Waals surface area contributed by atoms with Crippen molar-refractivity contribution >= 4 is 80.8 Å². The van der Waals surface area contributed by atoms with Gasteiger partial charge in [-0.05, 0) is 11.1 Å². The second-order valence-electron chi connectivity index (χ2n) is 5.75. The minimum atomic E-state index is -2.43. The van der Waals surface area contributed by atoms with Crippen molar-refractivity contribution in [2.75, 3.05) is 0 Å². The normalized spacial score (nSPS) is 11.4. The number of hydrogen-bond acceptors (Lipinski definition) is 8. The Labute approximate surface area is 195 Å². The minimum Gasteiger partial charge on any atom is -0.258 e. The Kier molecular flexibility index (Phi) is 7.13. The Hall–Kier alpha value is -2.51. The van der Waals surface area contributed by atoms with Crippen molar-refractivity contribution in [3.05, 3.63) is 85.9 Å². The van der Waals surface area contributed by atoms with Crippen LogP contribution in [-0.2, 0) is 0 Å². The van der Waals surface area contributed by atoms with E-state index in [9.17, 15) is 40.5 Å². The molecule has 0 N–H and O–H groups in total. The van der Waals surface area contributed by atoms with Crippen molar-refractivity contribution in [3.63, 3.8) is 0 Å². The third-order valence-electron chi connectivity index (χ3n) is 3.89. The summed E-state index contributed by atoms with van der Waals surface area (Å²) >= 11 is 29.3. The zero-order chi connectivity index (χ0) is 23.8. The monoisotopic (exact) mass is 532 g/mol. The van der Waals surface area contributed by atoms with Crippen LogP contribution in [0.2, 0.25) is 10.0 Å². The van der Waals surface area contributed by atoms with Crippen LogP contribution in [0, 0.1) is 40.5 Å². The van der Waals surface area contributed by atoms with E-state index in [2.05, 4.69) is 0 Å². The zero-order valence-corrected chi connectivity index (χ0v) is 18.1. The molecule has 2 aromatic rings. The van der Waals surface area contributed by atoms with E-state index in [1.54, 1.807) is 0 Å². The van der Waals surface area contributed by atoms with Crippen LogP contribution in [0.4, 0.5) is 22.7 Å². The van der Waals surface area contributed by atoms with Crippen LogP contribution in [0.3, 0.4) is 0 Å². The van der Waals surface area contributed by atoms with E-state index in [4.69, 9.17) is 58.0 Å². The van der Waals surface area contributed by atoms with Crippen LogP contribution in [-0.4, -0.2) is 23.5 Å². The van der Waals surface area contributed by atoms with E-state index in [0.717, 1.165) is 24.3 Å². The van der Waals surface area contributed by atoms with Gasteiger partial charge in [0.15, 0.2) is 10.0 Å². The predicted octanol–water partition coefficient (Wildman–Crippen LogP) is 6.13. The van der Waals surface area contributed by atoms with Crippen molar-refractivity contribution in [2.24, 2.45) is 0 Å². The van der Waals surface area contributed by atoms with Crippen LogP contribution >= 0.6 is 58.0 Å². The van der Waals surface area contributed by atoms with Crippen LogP contribution in [0.1, 0.15) is 17.0 Å². The predicted molar refractivity (Wildman–Crippen MR) is 112 cm³/mol. The fourth-order valence-corrected chi connectivity index (χ4v) is 3.92. The summed E-state index contributed by atoms with van der Waals surface area (Å²) in [4.78, 5) is 41.1. The molecule has 2 aromatic carbocycles. The minimum absolute atomic E-state index is 0.367. The van der Waals surface area contributed by atoms with Crippen molar-refractivity contribution in [2.45, 2.75) is 9.71 Å². The highest BCUT2D eigenvalue weighted by molar-refractivity contribution is 6.68. The van der Waals surface area contributed by atoms with Crippen molar-refractivity contribution < 1.29 is 19.7 Å². The molecule has 0 spiro atoms. The van der Waals surface area contributed by atoms with Gasteiger partial charge in [0.25, 0.3) is 22.7 Å². The molecule has 0 unspecified atom stereocenters. The van der Waals surface area contributed by atoms with E-state index in [0.29, 0.717) is 0 Å². The molecule has 164 valence electrons. The lowest BCUT2D eigenvalue weighted by Crippen LogP contribution is -2.19. The van der Waals surface area contributed by atoms with Gasteiger partial charge in [-0.3, -0.25) is 40.5 Å². The van der Waals surface area contributed by atoms with Gasteiger partial charge in [0.05, 0.1) is 25.6 Å². The number of nitro benzene ring substituents is 4. The first-order valence-electron chi connectivity index (χ1n) is 7.48. The molecular formula is C14H5Cl5N4O8. The van der Waals surface area contributed by atoms with Crippen molar-refractivity contribution in [3.8, 4) is 0 Å². The van der Waals surface area contributed by atoms with E-state index >= 15 is 0 Å². The molecule has 0 radical (unpaired) electrons. The second kappa shape index (κ2) is 8.93. The molecule has 0 saturated carbocycles. The molecule has 12 nitrogen and oxygen atoms in total. The van der Waals surface area contributed by atoms with Crippen molar-refractivity contribution in [1.29, 1.82) is 0 Å². The lowest BCUT2D eigenvalue weighted by Gasteiger charge is -2.25. The molecule has 0 aliphatic heterocycles. The van der Waals surface area contributed by atoms with Gasteiger partial charge in [-0.25, -0.2) is 0 Å². The summed E-state index contributed by atoms with van der Waals surface area (Å²) in [5.41, 5.74) is -4.39. The summed E-state index contributed by atoms with van der Waals surface area (Å²) in [5, 5.41) is 43.5. The quantitative estimate of drug-likeness (QED) is 0.242. The number of nitro groups is 4. The third-order valence-corrected chi connectivity index (χ3v) is 5.32. The molecule has 0 fully saturated rings. The third kappa shape index (κ3) is 5.05. The van der Waals surface area contributed by atoms with E-state index in [1.807, 2.05) is 0 Å². The average Bonchev–Trinajstić information content (AvgIpc) is 2.61. The lowest BCUT2D eigenvalue weighted by atomic mass is 9.91. The summed E-state index contributed by atoms with van der Waals surface area (Å²) < 4.78 is -2.43. The second-order valence-corrected chi connectivity index (χ2v) is 8.87. The van der Waals surface area contributed by atoms with Gasteiger partial charge in [0, 0.05) is 24.3 Å². The summed E-state index contributed by atoms with van der Waals surface area (Å²) in [5.74, 6) is -1.66. The van der Waals surface area contributed by atoms with E-state index < -0.39 is 62.2 Å². The molecule has 17 heteroatoms. The van der Waals surface area contributed by atoms with Gasteiger partial charge >= 0.3 is 0 Å². The topological polar surface area (TPSA) is 173 Å². The highest BCUT2D eigenvalue weighted by atomic mass is 35.6. The lowest BCUT2D eigenvalue weighted by molar-refractivity contribution is -0.394. The Morgan fingerprint density at radius 2 is 0.839 bits per heavy atom. The first-order valence-corrected chi connectivity index (χ1v) is 9.37. The number of nitrogens with zero attached hydrogens (tertiary/aromatic N) is 4. The maximum Gasteiger partial charge on any atom is 0.295 e. The summed E-state index contributed by atoms with van der Waals surface area (Å²) in [6.45, 7) is 0. The standard InChI is InChI=1S/C14H5Cl5N4O8/c15-12-7(20(24)25)1-5(2-8(12)21(26)27)11(14(17,18)19)6-3-9(22(28)29)13(16)10(4-6)23(30)31/h1-4,11H. The first-order chi connectivity index (χ1) is 14.2. The van der Waals surface area contributed by atoms with E-state index in [1.165, 1.54) is 0 Å². The summed E-state index contributed by atoms with van der Waals surface area (Å²) in [6, 6.07) is 3.03. The van der Waals surface area contributed by atoms with Crippen molar-refractivity contribution in [1.82, 2.24) is 0 Å². The number of rotatable bonds is 6. The number of alkyl halides is 3. The average molecular weight is 534 g/mol. The molecule has 0 atom stereocenters. The fourth-order valence-electron chi connectivity index (χ4n) is 2.67. The first kappa shape index (κ1) is 24.8. The highest BCUT2D eigenvalue weighted by Gasteiger charge is 2.41. The maximum absolute atomic E-state index is 11.3. The Morgan fingerprint density at radius 1 is 0.613 bits per heavy atom. The molecular weight excluding hydrogens is 529 g/mol. The van der Waals surface area contributed by atoms with Gasteiger partial charge in [-0.15, -0.1) is 0 Å². The maximum atomic E-state index is 11.3. The van der Waals surface area contributed by atoms with Gasteiger partial charge in [-0.1, -0.05) is 58.0 Å². The number of hydrogen-bond donors (Lipinski definition) is 0. The van der Waals surface area contributed by atoms with Gasteiger partial charge in [-0.2, -0.15) is 0 Å². The Balaban J connectivity index is 2.95. The van der Waals surface area contributed by atoms with Crippen LogP contribution in [0.5, 0.6) is 0 Å². The summed E-state index contributed by atoms with van der Waals surface area (Å²) in [7, 11) is 0. The Morgan fingerprint density at radius 3 is 1.00 bits per heavy atom. The number of benzene rings is 2. The molecule has 0 aliphatic rings. The summed E-state index contributed by atoms with van der Waals surface area (Å²) in [6.07, 6.45) is 0. The molecule has 0 amide bonds. The SMILES string of the molecule is O=[N+]([O-])c1cc(C(c2cc([N+](=O)[O-])c(Cl)c([N+](=O)[O-])c2)C(Cl)(Cl)Cl)cc([N+](=O)[O-])c1Cl. The molecule has 0 bridgehead atoms. The largest absolute Gasteiger partial charge is 0.295 e. The van der Waals surface area contributed by atoms with Gasteiger partial charge < -0.3 is 0 Å². The molecule has 0 aliphatic carbocycles. The van der Waals surface area contributed by atoms with E-state index in [-0.39, 0.29) is 11.1 Å². The van der Waals surface area contributed by atoms with Gasteiger partial charge in [0.1, 0.15) is 0 Å². The van der Waals surface area contributed by atoms with Crippen LogP contribution in [0.25, 0.3) is 0 Å². The Bertz CT molecular complexity index is 985. The molecule has 31 heavy (non-hydrogen) atoms. The zero-order valence-electron chi connectivity index (χ0n) is 14.3. The molecule has 2 rings (SSSR count). The van der Waals surface area contributed by atoms with Crippen LogP contribution < -0.4 is 0 Å².